The van der Waals surface area contributed by atoms with Crippen molar-refractivity contribution in [1.29, 1.82) is 0 Å². The summed E-state index contributed by atoms with van der Waals surface area (Å²) < 4.78 is 6.82. The van der Waals surface area contributed by atoms with E-state index in [9.17, 15) is 9.59 Å². The van der Waals surface area contributed by atoms with Crippen LogP contribution in [0.3, 0.4) is 0 Å². The molecule has 1 amide bonds. The first-order valence-corrected chi connectivity index (χ1v) is 8.05. The summed E-state index contributed by atoms with van der Waals surface area (Å²) in [6, 6.07) is 6.16. The zero-order chi connectivity index (χ0) is 17.9. The third-order valence-electron chi connectivity index (χ3n) is 3.21. The molecule has 0 aliphatic carbocycles. The Morgan fingerprint density at radius 2 is 1.92 bits per heavy atom. The minimum absolute atomic E-state index is 0.0843. The number of hydrogen-bond acceptors (Lipinski definition) is 4. The van der Waals surface area contributed by atoms with Crippen molar-refractivity contribution in [2.24, 2.45) is 0 Å². The van der Waals surface area contributed by atoms with Crippen molar-refractivity contribution in [1.82, 2.24) is 9.78 Å². The summed E-state index contributed by atoms with van der Waals surface area (Å²) in [6.45, 7) is 5.36. The number of esters is 1. The highest BCUT2D eigenvalue weighted by atomic mass is 35.5. The maximum Gasteiger partial charge on any atom is 0.340 e. The van der Waals surface area contributed by atoms with Crippen LogP contribution in [0.5, 0.6) is 0 Å². The lowest BCUT2D eigenvalue weighted by Gasteiger charge is -2.16. The van der Waals surface area contributed by atoms with E-state index in [4.69, 9.17) is 27.9 Å². The van der Waals surface area contributed by atoms with Crippen LogP contribution in [-0.4, -0.2) is 27.8 Å². The van der Waals surface area contributed by atoms with Crippen LogP contribution < -0.4 is 5.32 Å². The van der Waals surface area contributed by atoms with E-state index in [1.165, 1.54) is 25.1 Å². The summed E-state index contributed by atoms with van der Waals surface area (Å²) in [5, 5.41) is 7.37. The van der Waals surface area contributed by atoms with Gasteiger partial charge >= 0.3 is 5.97 Å². The lowest BCUT2D eigenvalue weighted by molar-refractivity contribution is -0.123. The first-order valence-electron chi connectivity index (χ1n) is 7.30. The number of nitrogens with zero attached hydrogens (tertiary/aromatic N) is 2. The van der Waals surface area contributed by atoms with Gasteiger partial charge in [-0.05, 0) is 39.0 Å². The molecule has 2 aromatic rings. The van der Waals surface area contributed by atoms with Crippen molar-refractivity contribution < 1.29 is 14.3 Å². The summed E-state index contributed by atoms with van der Waals surface area (Å²) >= 11 is 11.7. The Labute approximate surface area is 149 Å². The zero-order valence-electron chi connectivity index (χ0n) is 13.4. The minimum atomic E-state index is -1.00. The van der Waals surface area contributed by atoms with Crippen LogP contribution in [0.1, 0.15) is 37.2 Å². The van der Waals surface area contributed by atoms with Gasteiger partial charge in [0.2, 0.25) is 0 Å². The number of carbonyl (C=O) groups excluding carboxylic acids is 2. The fourth-order valence-electron chi connectivity index (χ4n) is 1.99. The smallest absolute Gasteiger partial charge is 0.340 e. The topological polar surface area (TPSA) is 73.2 Å². The van der Waals surface area contributed by atoms with E-state index >= 15 is 0 Å². The van der Waals surface area contributed by atoms with Crippen molar-refractivity contribution in [2.45, 2.75) is 32.9 Å². The molecule has 2 rings (SSSR count). The minimum Gasteiger partial charge on any atom is -0.449 e. The van der Waals surface area contributed by atoms with Crippen molar-refractivity contribution in [3.8, 4) is 0 Å². The molecule has 0 saturated heterocycles. The average Bonchev–Trinajstić information content (AvgIpc) is 2.95. The summed E-state index contributed by atoms with van der Waals surface area (Å²) in [4.78, 5) is 24.3. The van der Waals surface area contributed by atoms with Crippen LogP contribution in [0.2, 0.25) is 10.0 Å². The summed E-state index contributed by atoms with van der Waals surface area (Å²) in [5.41, 5.74) is 0.146. The van der Waals surface area contributed by atoms with Crippen molar-refractivity contribution in [2.75, 3.05) is 5.32 Å². The van der Waals surface area contributed by atoms with Crippen LogP contribution in [0, 0.1) is 0 Å². The molecule has 0 radical (unpaired) electrons. The molecule has 0 aliphatic heterocycles. The number of halogens is 2. The molecule has 0 aliphatic rings. The van der Waals surface area contributed by atoms with Crippen molar-refractivity contribution >= 4 is 40.9 Å². The maximum absolute atomic E-state index is 12.2. The number of aromatic nitrogens is 2. The van der Waals surface area contributed by atoms with Gasteiger partial charge in [0, 0.05) is 17.1 Å². The van der Waals surface area contributed by atoms with Crippen LogP contribution in [0.15, 0.2) is 30.5 Å². The van der Waals surface area contributed by atoms with Gasteiger partial charge in [-0.2, -0.15) is 5.10 Å². The normalized spacial score (nSPS) is 12.1. The molecule has 128 valence electrons. The highest BCUT2D eigenvalue weighted by Crippen LogP contribution is 2.22. The van der Waals surface area contributed by atoms with Crippen LogP contribution in [0.4, 0.5) is 5.82 Å². The van der Waals surface area contributed by atoms with Gasteiger partial charge in [-0.15, -0.1) is 0 Å². The van der Waals surface area contributed by atoms with Gasteiger partial charge in [0.25, 0.3) is 5.91 Å². The van der Waals surface area contributed by atoms with Gasteiger partial charge in [-0.1, -0.05) is 23.2 Å². The second kappa shape index (κ2) is 7.68. The number of ether oxygens (including phenoxy) is 1. The SMILES string of the molecule is CC(C)n1nccc1NC(=O)[C@@H](C)OC(=O)c1ccc(Cl)cc1Cl. The van der Waals surface area contributed by atoms with E-state index in [0.29, 0.717) is 10.8 Å². The Bertz CT molecular complexity index is 759. The molecule has 1 heterocycles. The third-order valence-corrected chi connectivity index (χ3v) is 3.76. The number of hydrogen-bond donors (Lipinski definition) is 1. The number of nitrogens with one attached hydrogen (secondary N) is 1. The predicted octanol–water partition coefficient (Wildman–Crippen LogP) is 3.95. The van der Waals surface area contributed by atoms with E-state index in [2.05, 4.69) is 10.4 Å². The van der Waals surface area contributed by atoms with Gasteiger partial charge in [-0.25, -0.2) is 9.48 Å². The fourth-order valence-corrected chi connectivity index (χ4v) is 2.47. The highest BCUT2D eigenvalue weighted by molar-refractivity contribution is 6.36. The number of amides is 1. The summed E-state index contributed by atoms with van der Waals surface area (Å²) in [6.07, 6.45) is 0.583. The van der Waals surface area contributed by atoms with E-state index in [-0.39, 0.29) is 16.6 Å². The van der Waals surface area contributed by atoms with Gasteiger partial charge in [0.05, 0.1) is 16.8 Å². The molecular weight excluding hydrogens is 353 g/mol. The summed E-state index contributed by atoms with van der Waals surface area (Å²) in [7, 11) is 0. The lowest BCUT2D eigenvalue weighted by atomic mass is 10.2. The molecular formula is C16H17Cl2N3O3. The third kappa shape index (κ3) is 4.27. The lowest BCUT2D eigenvalue weighted by Crippen LogP contribution is -2.31. The Hall–Kier alpha value is -2.05. The number of carbonyl (C=O) groups is 2. The largest absolute Gasteiger partial charge is 0.449 e. The van der Waals surface area contributed by atoms with Crippen molar-refractivity contribution in [3.63, 3.8) is 0 Å². The molecule has 24 heavy (non-hydrogen) atoms. The standard InChI is InChI=1S/C16H17Cl2N3O3/c1-9(2)21-14(6-7-19-21)20-15(22)10(3)24-16(23)12-5-4-11(17)8-13(12)18/h4-10H,1-3H3,(H,20,22)/t10-/m1/s1. The second-order valence-corrected chi connectivity index (χ2v) is 6.26. The van der Waals surface area contributed by atoms with Crippen LogP contribution >= 0.6 is 23.2 Å². The fraction of sp³-hybridized carbons (Fsp3) is 0.312. The van der Waals surface area contributed by atoms with Gasteiger partial charge in [-0.3, -0.25) is 4.79 Å². The molecule has 6 nitrogen and oxygen atoms in total. The molecule has 0 bridgehead atoms. The monoisotopic (exact) mass is 369 g/mol. The molecule has 0 spiro atoms. The van der Waals surface area contributed by atoms with Gasteiger partial charge in [0.1, 0.15) is 5.82 Å². The highest BCUT2D eigenvalue weighted by Gasteiger charge is 2.22. The number of anilines is 1. The van der Waals surface area contributed by atoms with E-state index in [0.717, 1.165) is 0 Å². The molecule has 8 heteroatoms. The number of benzene rings is 1. The quantitative estimate of drug-likeness (QED) is 0.809. The summed E-state index contributed by atoms with van der Waals surface area (Å²) in [5.74, 6) is -0.630. The second-order valence-electron chi connectivity index (χ2n) is 5.42. The van der Waals surface area contributed by atoms with E-state index < -0.39 is 18.0 Å². The maximum atomic E-state index is 12.2. The zero-order valence-corrected chi connectivity index (χ0v) is 14.9. The molecule has 1 aromatic carbocycles. The molecule has 0 saturated carbocycles. The predicted molar refractivity (Wildman–Crippen MR) is 92.6 cm³/mol. The first-order chi connectivity index (χ1) is 11.3. The average molecular weight is 370 g/mol. The van der Waals surface area contributed by atoms with E-state index in [1.807, 2.05) is 13.8 Å². The molecule has 1 atom stereocenters. The first kappa shape index (κ1) is 18.3. The molecule has 1 N–H and O–H groups in total. The van der Waals surface area contributed by atoms with Gasteiger partial charge < -0.3 is 10.1 Å². The molecule has 0 unspecified atom stereocenters. The Morgan fingerprint density at radius 3 is 2.54 bits per heavy atom. The number of rotatable bonds is 5. The Kier molecular flexibility index (Phi) is 5.85. The van der Waals surface area contributed by atoms with E-state index in [1.54, 1.807) is 16.9 Å². The Balaban J connectivity index is 2.03. The van der Waals surface area contributed by atoms with Crippen molar-refractivity contribution in [3.05, 3.63) is 46.1 Å². The van der Waals surface area contributed by atoms with Crippen LogP contribution in [0.25, 0.3) is 0 Å². The molecule has 1 aromatic heterocycles. The van der Waals surface area contributed by atoms with Gasteiger partial charge in [0.15, 0.2) is 6.10 Å². The molecule has 0 fully saturated rings. The Morgan fingerprint density at radius 1 is 1.21 bits per heavy atom. The van der Waals surface area contributed by atoms with Crippen LogP contribution in [-0.2, 0) is 9.53 Å².